The molecule has 0 aliphatic carbocycles. The Morgan fingerprint density at radius 3 is 2.28 bits per heavy atom. The summed E-state index contributed by atoms with van der Waals surface area (Å²) >= 11 is 5.93. The molecule has 2 fully saturated rings. The van der Waals surface area contributed by atoms with Crippen LogP contribution in [0.15, 0.2) is 54.6 Å². The fourth-order valence-electron chi connectivity index (χ4n) is 3.98. The number of hydrogen-bond acceptors (Lipinski definition) is 4. The smallest absolute Gasteiger partial charge is 0.268 e. The van der Waals surface area contributed by atoms with Crippen LogP contribution in [0.1, 0.15) is 12.0 Å². The molecule has 2 aliphatic rings. The van der Waals surface area contributed by atoms with Gasteiger partial charge in [0.25, 0.3) is 11.8 Å². The van der Waals surface area contributed by atoms with Crippen LogP contribution < -0.4 is 4.90 Å². The van der Waals surface area contributed by atoms with Gasteiger partial charge in [0.1, 0.15) is 0 Å². The van der Waals surface area contributed by atoms with E-state index in [-0.39, 0.29) is 6.42 Å². The minimum Gasteiger partial charge on any atom is -0.372 e. The van der Waals surface area contributed by atoms with Gasteiger partial charge in [0.2, 0.25) is 5.60 Å². The minimum atomic E-state index is -1.96. The summed E-state index contributed by atoms with van der Waals surface area (Å²) in [4.78, 5) is 31.2. The van der Waals surface area contributed by atoms with E-state index in [1.54, 1.807) is 4.90 Å². The van der Waals surface area contributed by atoms with Crippen molar-refractivity contribution in [3.63, 3.8) is 0 Å². The van der Waals surface area contributed by atoms with Crippen LogP contribution in [0.4, 0.5) is 5.69 Å². The number of carbonyl (C=O) groups is 2. The second-order valence-electron chi connectivity index (χ2n) is 7.60. The SMILES string of the molecule is O=C(N1CCN(Cc2ccc(Cl)cc2)CC1)[C@@]1(O)CCN(c2ccccc2)C1=O. The number of carbonyl (C=O) groups excluding carboxylic acids is 2. The topological polar surface area (TPSA) is 64.1 Å². The summed E-state index contributed by atoms with van der Waals surface area (Å²) < 4.78 is 0. The molecule has 1 N–H and O–H groups in total. The number of piperazine rings is 1. The summed E-state index contributed by atoms with van der Waals surface area (Å²) in [5, 5.41) is 11.6. The number of aliphatic hydroxyl groups is 1. The van der Waals surface area contributed by atoms with Crippen molar-refractivity contribution in [2.45, 2.75) is 18.6 Å². The molecule has 0 unspecified atom stereocenters. The van der Waals surface area contributed by atoms with E-state index < -0.39 is 17.4 Å². The second-order valence-corrected chi connectivity index (χ2v) is 8.03. The standard InChI is InChI=1S/C22H24ClN3O3/c23-18-8-6-17(7-9-18)16-24-12-14-25(15-13-24)20(27)22(29)10-11-26(21(22)28)19-4-2-1-3-5-19/h1-9,29H,10-16H2/t22-/m0/s1. The molecule has 2 aromatic rings. The fourth-order valence-corrected chi connectivity index (χ4v) is 4.10. The number of halogens is 1. The fraction of sp³-hybridized carbons (Fsp3) is 0.364. The first kappa shape index (κ1) is 19.9. The van der Waals surface area contributed by atoms with Gasteiger partial charge in [-0.2, -0.15) is 0 Å². The van der Waals surface area contributed by atoms with Gasteiger partial charge >= 0.3 is 0 Å². The summed E-state index contributed by atoms with van der Waals surface area (Å²) in [5.41, 5.74) is -0.0972. The van der Waals surface area contributed by atoms with Gasteiger partial charge < -0.3 is 14.9 Å². The van der Waals surface area contributed by atoms with Crippen molar-refractivity contribution in [3.05, 3.63) is 65.2 Å². The van der Waals surface area contributed by atoms with E-state index in [1.165, 1.54) is 4.90 Å². The van der Waals surface area contributed by atoms with E-state index in [1.807, 2.05) is 54.6 Å². The number of amides is 2. The third kappa shape index (κ3) is 4.01. The zero-order valence-corrected chi connectivity index (χ0v) is 16.9. The minimum absolute atomic E-state index is 0.116. The van der Waals surface area contributed by atoms with Gasteiger partial charge in [-0.15, -0.1) is 0 Å². The Morgan fingerprint density at radius 2 is 1.62 bits per heavy atom. The lowest BCUT2D eigenvalue weighted by Crippen LogP contribution is -2.58. The van der Waals surface area contributed by atoms with E-state index in [2.05, 4.69) is 4.90 Å². The molecule has 1 atom stereocenters. The average molecular weight is 414 g/mol. The number of benzene rings is 2. The molecule has 2 aromatic carbocycles. The molecule has 0 saturated carbocycles. The molecular weight excluding hydrogens is 390 g/mol. The molecule has 0 aromatic heterocycles. The van der Waals surface area contributed by atoms with Gasteiger partial charge in [-0.05, 0) is 29.8 Å². The zero-order valence-electron chi connectivity index (χ0n) is 16.1. The number of para-hydroxylation sites is 1. The first-order valence-corrected chi connectivity index (χ1v) is 10.2. The Balaban J connectivity index is 1.36. The van der Waals surface area contributed by atoms with Gasteiger partial charge in [0, 0.05) is 56.4 Å². The van der Waals surface area contributed by atoms with Crippen LogP contribution in [0.2, 0.25) is 5.02 Å². The molecule has 29 heavy (non-hydrogen) atoms. The van der Waals surface area contributed by atoms with Gasteiger partial charge in [0.05, 0.1) is 0 Å². The van der Waals surface area contributed by atoms with E-state index in [0.717, 1.165) is 12.1 Å². The largest absolute Gasteiger partial charge is 0.372 e. The molecule has 4 rings (SSSR count). The maximum Gasteiger partial charge on any atom is 0.268 e. The van der Waals surface area contributed by atoms with Crippen molar-refractivity contribution in [3.8, 4) is 0 Å². The molecule has 2 saturated heterocycles. The highest BCUT2D eigenvalue weighted by Crippen LogP contribution is 2.30. The van der Waals surface area contributed by atoms with E-state index in [9.17, 15) is 14.7 Å². The van der Waals surface area contributed by atoms with Crippen LogP contribution in [-0.2, 0) is 16.1 Å². The van der Waals surface area contributed by atoms with Crippen LogP contribution in [0.5, 0.6) is 0 Å². The van der Waals surface area contributed by atoms with E-state index in [4.69, 9.17) is 11.6 Å². The summed E-state index contributed by atoms with van der Waals surface area (Å²) in [6.07, 6.45) is 0.116. The van der Waals surface area contributed by atoms with Gasteiger partial charge in [0.15, 0.2) is 0 Å². The van der Waals surface area contributed by atoms with Gasteiger partial charge in [-0.25, -0.2) is 0 Å². The summed E-state index contributed by atoms with van der Waals surface area (Å²) in [6.45, 7) is 3.49. The highest BCUT2D eigenvalue weighted by molar-refractivity contribution is 6.30. The third-order valence-electron chi connectivity index (χ3n) is 5.70. The monoisotopic (exact) mass is 413 g/mol. The van der Waals surface area contributed by atoms with E-state index >= 15 is 0 Å². The predicted octanol–water partition coefficient (Wildman–Crippen LogP) is 2.15. The Morgan fingerprint density at radius 1 is 0.966 bits per heavy atom. The number of hydrogen-bond donors (Lipinski definition) is 1. The van der Waals surface area contributed by atoms with Crippen LogP contribution in [0, 0.1) is 0 Å². The predicted molar refractivity (Wildman–Crippen MR) is 112 cm³/mol. The van der Waals surface area contributed by atoms with Crippen molar-refractivity contribution < 1.29 is 14.7 Å². The van der Waals surface area contributed by atoms with Crippen molar-refractivity contribution in [2.75, 3.05) is 37.6 Å². The van der Waals surface area contributed by atoms with Crippen LogP contribution in [0.3, 0.4) is 0 Å². The van der Waals surface area contributed by atoms with Crippen LogP contribution in [0.25, 0.3) is 0 Å². The molecule has 2 aliphatic heterocycles. The lowest BCUT2D eigenvalue weighted by molar-refractivity contribution is -0.158. The van der Waals surface area contributed by atoms with Crippen molar-refractivity contribution in [1.29, 1.82) is 0 Å². The molecule has 6 nitrogen and oxygen atoms in total. The normalized spacial score (nSPS) is 22.9. The maximum atomic E-state index is 13.0. The average Bonchev–Trinajstić information content (AvgIpc) is 3.06. The Hall–Kier alpha value is -2.41. The molecule has 0 radical (unpaired) electrons. The number of nitrogens with zero attached hydrogens (tertiary/aromatic N) is 3. The molecule has 7 heteroatoms. The highest BCUT2D eigenvalue weighted by atomic mass is 35.5. The van der Waals surface area contributed by atoms with Crippen LogP contribution in [-0.4, -0.2) is 65.0 Å². The van der Waals surface area contributed by atoms with Gasteiger partial charge in [-0.1, -0.05) is 41.9 Å². The number of anilines is 1. The van der Waals surface area contributed by atoms with Gasteiger partial charge in [-0.3, -0.25) is 14.5 Å². The Kier molecular flexibility index (Phi) is 5.58. The molecular formula is C22H24ClN3O3. The lowest BCUT2D eigenvalue weighted by atomic mass is 10.00. The summed E-state index contributed by atoms with van der Waals surface area (Å²) in [7, 11) is 0. The third-order valence-corrected chi connectivity index (χ3v) is 5.95. The zero-order chi connectivity index (χ0) is 20.4. The number of rotatable bonds is 4. The molecule has 152 valence electrons. The Bertz CT molecular complexity index is 882. The Labute approximate surface area is 175 Å². The van der Waals surface area contributed by atoms with Crippen molar-refractivity contribution in [2.24, 2.45) is 0 Å². The highest BCUT2D eigenvalue weighted by Gasteiger charge is 2.53. The molecule has 0 spiro atoms. The van der Waals surface area contributed by atoms with E-state index in [0.29, 0.717) is 43.4 Å². The first-order valence-electron chi connectivity index (χ1n) is 9.83. The molecule has 2 heterocycles. The van der Waals surface area contributed by atoms with Crippen molar-refractivity contribution in [1.82, 2.24) is 9.80 Å². The second kappa shape index (κ2) is 8.14. The van der Waals surface area contributed by atoms with Crippen LogP contribution >= 0.6 is 11.6 Å². The quantitative estimate of drug-likeness (QED) is 0.780. The molecule has 2 amide bonds. The molecule has 0 bridgehead atoms. The first-order chi connectivity index (χ1) is 14.0. The lowest BCUT2D eigenvalue weighted by Gasteiger charge is -2.37. The maximum absolute atomic E-state index is 13.0. The van der Waals surface area contributed by atoms with Crippen molar-refractivity contribution >= 4 is 29.1 Å². The summed E-state index contributed by atoms with van der Waals surface area (Å²) in [5.74, 6) is -1.01. The summed E-state index contributed by atoms with van der Waals surface area (Å²) in [6, 6.07) is 16.9.